The van der Waals surface area contributed by atoms with Gasteiger partial charge >= 0.3 is 12.4 Å². The third-order valence-electron chi connectivity index (χ3n) is 21.0. The van der Waals surface area contributed by atoms with Crippen LogP contribution in [-0.4, -0.2) is 68.9 Å². The van der Waals surface area contributed by atoms with Crippen molar-refractivity contribution < 1.29 is 26.3 Å². The highest BCUT2D eigenvalue weighted by Gasteiger charge is 2.42. The Balaban J connectivity index is 0.887. The smallest absolute Gasteiger partial charge is 0.308 e. The predicted molar refractivity (Wildman–Crippen MR) is 454 cm³/mol. The van der Waals surface area contributed by atoms with Gasteiger partial charge in [0.1, 0.15) is 11.6 Å². The maximum Gasteiger partial charge on any atom is 0.417 e. The number of hydrogen-bond acceptors (Lipinski definition) is 13. The molecule has 120 heavy (non-hydrogen) atoms. The second-order valence-corrected chi connectivity index (χ2v) is 28.5. The Bertz CT molecular complexity index is 6390. The third kappa shape index (κ3) is 13.6. The molecule has 0 unspecified atom stereocenters. The summed E-state index contributed by atoms with van der Waals surface area (Å²) in [5, 5.41) is 14.5. The second-order valence-electron chi connectivity index (χ2n) is 28.5. The first-order valence-corrected chi connectivity index (χ1v) is 38.2. The van der Waals surface area contributed by atoms with Crippen molar-refractivity contribution in [3.63, 3.8) is 0 Å². The third-order valence-corrected chi connectivity index (χ3v) is 21.0. The summed E-state index contributed by atoms with van der Waals surface area (Å²) in [5.41, 5.74) is 4.03. The minimum Gasteiger partial charge on any atom is -0.308 e. The molecular weight excluding hydrogens is 1510 g/mol. The van der Waals surface area contributed by atoms with Crippen molar-refractivity contribution in [1.82, 2.24) is 68.9 Å². The van der Waals surface area contributed by atoms with E-state index in [0.29, 0.717) is 169 Å². The molecule has 0 saturated carbocycles. The summed E-state index contributed by atoms with van der Waals surface area (Å²) >= 11 is 0. The summed E-state index contributed by atoms with van der Waals surface area (Å²) in [5.74, 6) is 4.10. The van der Waals surface area contributed by atoms with E-state index in [1.165, 1.54) is 12.1 Å². The highest BCUT2D eigenvalue weighted by molar-refractivity contribution is 6.14. The zero-order valence-electron chi connectivity index (χ0n) is 62.9. The Kier molecular flexibility index (Phi) is 18.1. The molecule has 0 radical (unpaired) electrons. The van der Waals surface area contributed by atoms with Gasteiger partial charge in [-0.2, -0.15) is 31.6 Å². The van der Waals surface area contributed by atoms with Crippen LogP contribution >= 0.6 is 0 Å². The van der Waals surface area contributed by atoms with Crippen molar-refractivity contribution in [2.45, 2.75) is 12.4 Å². The Hall–Kier alpha value is -16.2. The van der Waals surface area contributed by atoms with Gasteiger partial charge in [0.05, 0.1) is 44.6 Å². The van der Waals surface area contributed by atoms with E-state index in [9.17, 15) is 5.26 Å². The van der Waals surface area contributed by atoms with Gasteiger partial charge in [-0.25, -0.2) is 59.8 Å². The molecule has 570 valence electrons. The molecule has 21 heteroatoms. The number of hydrogen-bond donors (Lipinski definition) is 0. The minimum absolute atomic E-state index is 0.0891. The Labute approximate surface area is 680 Å². The summed E-state index contributed by atoms with van der Waals surface area (Å²) in [4.78, 5) is 60.8. The number of nitriles is 1. The average Bonchev–Trinajstić information content (AvgIpc) is 1.69. The van der Waals surface area contributed by atoms with Crippen LogP contribution in [0.1, 0.15) is 16.7 Å². The van der Waals surface area contributed by atoms with Crippen molar-refractivity contribution in [2.75, 3.05) is 0 Å². The molecule has 0 spiro atoms. The Morgan fingerprint density at radius 3 is 0.583 bits per heavy atom. The molecule has 14 aromatic carbocycles. The average molecular weight is 1570 g/mol. The molecule has 20 aromatic rings. The largest absolute Gasteiger partial charge is 0.417 e. The zero-order chi connectivity index (χ0) is 81.2. The maximum atomic E-state index is 16.2. The summed E-state index contributed by atoms with van der Waals surface area (Å²) in [6, 6.07) is 104. The van der Waals surface area contributed by atoms with E-state index in [2.05, 4.69) is 6.07 Å². The zero-order valence-corrected chi connectivity index (χ0v) is 62.9. The monoisotopic (exact) mass is 1570 g/mol. The van der Waals surface area contributed by atoms with Gasteiger partial charge in [-0.15, -0.1) is 0 Å². The number of nitrogens with zero attached hydrogens (tertiary/aromatic N) is 15. The van der Waals surface area contributed by atoms with Crippen molar-refractivity contribution in [3.8, 4) is 165 Å². The number of aromatic nitrogens is 14. The van der Waals surface area contributed by atoms with Gasteiger partial charge in [0.15, 0.2) is 69.9 Å². The molecule has 6 heterocycles. The molecule has 0 saturated heterocycles. The van der Waals surface area contributed by atoms with Gasteiger partial charge in [-0.3, -0.25) is 0 Å². The fourth-order valence-corrected chi connectivity index (χ4v) is 15.4. The quantitative estimate of drug-likeness (QED) is 0.0883. The molecule has 0 aliphatic carbocycles. The predicted octanol–water partition coefficient (Wildman–Crippen LogP) is 24.2. The van der Waals surface area contributed by atoms with Crippen LogP contribution in [0, 0.1) is 11.3 Å². The minimum atomic E-state index is -5.36. The fourth-order valence-electron chi connectivity index (χ4n) is 15.4. The van der Waals surface area contributed by atoms with Crippen molar-refractivity contribution in [2.24, 2.45) is 0 Å². The van der Waals surface area contributed by atoms with Crippen molar-refractivity contribution in [3.05, 3.63) is 362 Å². The van der Waals surface area contributed by atoms with Gasteiger partial charge in [0.2, 0.25) is 0 Å². The van der Waals surface area contributed by atoms with Crippen LogP contribution in [0.4, 0.5) is 26.3 Å². The first kappa shape index (κ1) is 72.7. The van der Waals surface area contributed by atoms with E-state index >= 15 is 26.3 Å². The second kappa shape index (κ2) is 29.9. The molecule has 0 N–H and O–H groups in total. The molecule has 0 aliphatic heterocycles. The van der Waals surface area contributed by atoms with E-state index < -0.39 is 34.6 Å². The van der Waals surface area contributed by atoms with Gasteiger partial charge in [0, 0.05) is 93.9 Å². The number of halogens is 6. The first-order chi connectivity index (χ1) is 58.7. The van der Waals surface area contributed by atoms with E-state index in [1.54, 1.807) is 57.7 Å². The van der Waals surface area contributed by atoms with Crippen LogP contribution in [0.2, 0.25) is 0 Å². The van der Waals surface area contributed by atoms with Gasteiger partial charge < -0.3 is 9.13 Å². The summed E-state index contributed by atoms with van der Waals surface area (Å²) in [7, 11) is 0. The van der Waals surface area contributed by atoms with Gasteiger partial charge in [0.25, 0.3) is 0 Å². The first-order valence-electron chi connectivity index (χ1n) is 38.2. The van der Waals surface area contributed by atoms with E-state index in [1.807, 2.05) is 267 Å². The highest BCUT2D eigenvalue weighted by Crippen LogP contribution is 2.49. The van der Waals surface area contributed by atoms with Crippen LogP contribution in [0.3, 0.4) is 0 Å². The molecule has 0 bridgehead atoms. The molecule has 15 nitrogen and oxygen atoms in total. The van der Waals surface area contributed by atoms with Crippen LogP contribution in [0.25, 0.3) is 203 Å². The molecule has 0 atom stereocenters. The number of alkyl halides is 6. The van der Waals surface area contributed by atoms with Crippen LogP contribution in [0.15, 0.2) is 346 Å². The molecule has 6 aromatic heterocycles. The van der Waals surface area contributed by atoms with Crippen molar-refractivity contribution >= 4 is 43.6 Å². The lowest BCUT2D eigenvalue weighted by molar-refractivity contribution is -0.142. The maximum absolute atomic E-state index is 16.2. The van der Waals surface area contributed by atoms with Crippen LogP contribution in [0.5, 0.6) is 0 Å². The standard InChI is InChI=1S/C99H57F6N15/c100-98(101,102)77-42-25-43-78(99(103,104)105)85(77)71-56-83(119-79-48-44-67(94-111-86(59-26-9-1-10-27-59)107-87(112-94)60-28-11-2-12-29-60)52-72(79)73-53-68(45-49-80(73)119)95-113-88(61-30-13-3-14-31-61)108-89(114-95)62-32-15-4-16-33-62)76(58-106)84(57-71)120-81-50-46-69(96-115-90(63-34-17-5-18-35-63)109-91(116-96)64-36-19-6-20-37-64)54-74(81)75-55-70(47-51-82(75)120)97-117-92(65-38-21-7-22-39-65)110-93(118-97)66-40-23-8-24-41-66/h1-57H. The van der Waals surface area contributed by atoms with Crippen molar-refractivity contribution in [1.29, 1.82) is 5.26 Å². The van der Waals surface area contributed by atoms with E-state index in [4.69, 9.17) is 59.8 Å². The lowest BCUT2D eigenvalue weighted by Gasteiger charge is -2.22. The van der Waals surface area contributed by atoms with Gasteiger partial charge in [-0.1, -0.05) is 249 Å². The number of fused-ring (bicyclic) bond motifs is 6. The molecular formula is C99H57F6N15. The number of rotatable bonds is 15. The molecule has 20 rings (SSSR count). The Morgan fingerprint density at radius 1 is 0.208 bits per heavy atom. The summed E-state index contributed by atoms with van der Waals surface area (Å²) in [6.45, 7) is 0. The topological polar surface area (TPSA) is 188 Å². The fraction of sp³-hybridized carbons (Fsp3) is 0.0202. The van der Waals surface area contributed by atoms with Crippen LogP contribution in [-0.2, 0) is 12.4 Å². The normalized spacial score (nSPS) is 11.7. The molecule has 0 amide bonds. The molecule has 0 fully saturated rings. The lowest BCUT2D eigenvalue weighted by atomic mass is 9.91. The molecule has 0 aliphatic rings. The van der Waals surface area contributed by atoms with E-state index in [-0.39, 0.29) is 40.2 Å². The summed E-state index contributed by atoms with van der Waals surface area (Å²) < 4.78 is 101. The summed E-state index contributed by atoms with van der Waals surface area (Å²) in [6.07, 6.45) is -10.7. The van der Waals surface area contributed by atoms with E-state index in [0.717, 1.165) is 6.07 Å². The highest BCUT2D eigenvalue weighted by atomic mass is 19.4. The lowest BCUT2D eigenvalue weighted by Crippen LogP contribution is -2.15. The van der Waals surface area contributed by atoms with Crippen LogP contribution < -0.4 is 0 Å². The van der Waals surface area contributed by atoms with Gasteiger partial charge in [-0.05, 0) is 103 Å². The SMILES string of the molecule is N#Cc1c(-n2c3ccc(-c4nc(-c5ccccc5)nc(-c5ccccc5)n4)cc3c3cc(-c4nc(-c5ccccc5)nc(-c5ccccc5)n4)ccc32)cc(-c2c(C(F)(F)F)cccc2C(F)(F)F)cc1-n1c2ccc(-c3nc(-c4ccccc4)nc(-c4ccccc4)n3)cc2c2cc(-c3nc(-c4ccccc4)nc(-c4ccccc4)n3)ccc21. The Morgan fingerprint density at radius 2 is 0.400 bits per heavy atom. The number of benzene rings is 14.